The maximum absolute atomic E-state index is 12.0. The number of hydrogen-bond donors (Lipinski definition) is 4. The average molecular weight is 411 g/mol. The van der Waals surface area contributed by atoms with E-state index in [1.807, 2.05) is 6.07 Å². The summed E-state index contributed by atoms with van der Waals surface area (Å²) in [5.41, 5.74) is 1.97. The van der Waals surface area contributed by atoms with Crippen LogP contribution in [0.25, 0.3) is 11.0 Å². The number of hydrogen-bond acceptors (Lipinski definition) is 7. The smallest absolute Gasteiger partial charge is 0.253 e. The Hall–Kier alpha value is -3.50. The molecule has 0 bridgehead atoms. The highest BCUT2D eigenvalue weighted by Crippen LogP contribution is 2.23. The molecule has 0 aliphatic carbocycles. The molecule has 0 amide bonds. The highest BCUT2D eigenvalue weighted by atomic mass is 32.2. The van der Waals surface area contributed by atoms with Gasteiger partial charge in [0.1, 0.15) is 11.4 Å². The Labute approximate surface area is 165 Å². The third-order valence-corrected chi connectivity index (χ3v) is 5.96. The number of H-pyrrole nitrogens is 1. The highest BCUT2D eigenvalue weighted by molar-refractivity contribution is 7.89. The van der Waals surface area contributed by atoms with Gasteiger partial charge in [-0.05, 0) is 42.9 Å². The Kier molecular flexibility index (Phi) is 4.65. The van der Waals surface area contributed by atoms with E-state index in [0.29, 0.717) is 11.3 Å². The van der Waals surface area contributed by atoms with Crippen molar-refractivity contribution in [2.45, 2.75) is 11.4 Å². The molecular weight excluding hydrogens is 394 g/mol. The first-order valence-electron chi connectivity index (χ1n) is 8.69. The molecule has 0 aliphatic rings. The molecule has 0 aliphatic heterocycles. The molecule has 3 aromatic carbocycles. The molecule has 29 heavy (non-hydrogen) atoms. The fourth-order valence-electron chi connectivity index (χ4n) is 2.96. The number of nitrogens with zero attached hydrogens (tertiary/aromatic N) is 1. The summed E-state index contributed by atoms with van der Waals surface area (Å²) in [5.74, 6) is 0. The van der Waals surface area contributed by atoms with Crippen LogP contribution in [0.15, 0.2) is 63.3 Å². The van der Waals surface area contributed by atoms with E-state index in [0.717, 1.165) is 11.0 Å². The van der Waals surface area contributed by atoms with Crippen LogP contribution in [0.4, 0.5) is 17.1 Å². The van der Waals surface area contributed by atoms with Crippen LogP contribution < -0.4 is 26.2 Å². The summed E-state index contributed by atoms with van der Waals surface area (Å²) in [7, 11) is -2.23. The van der Waals surface area contributed by atoms with Gasteiger partial charge in [-0.1, -0.05) is 12.1 Å². The summed E-state index contributed by atoms with van der Waals surface area (Å²) >= 11 is 0. The first-order chi connectivity index (χ1) is 13.9. The van der Waals surface area contributed by atoms with E-state index >= 15 is 0 Å². The molecule has 0 saturated carbocycles. The first-order valence-corrected chi connectivity index (χ1v) is 10.2. The summed E-state index contributed by atoms with van der Waals surface area (Å²) in [6.07, 6.45) is 1.57. The maximum Gasteiger partial charge on any atom is 0.253 e. The van der Waals surface area contributed by atoms with Gasteiger partial charge in [0, 0.05) is 12.2 Å². The average Bonchev–Trinajstić information content (AvgIpc) is 3.20. The van der Waals surface area contributed by atoms with Crippen molar-refractivity contribution < 1.29 is 8.42 Å². The monoisotopic (exact) mass is 411 g/mol. The zero-order valence-electron chi connectivity index (χ0n) is 15.3. The van der Waals surface area contributed by atoms with Crippen molar-refractivity contribution >= 4 is 38.1 Å². The quantitative estimate of drug-likeness (QED) is 0.338. The molecule has 4 rings (SSSR count). The molecule has 9 nitrogen and oxygen atoms in total. The van der Waals surface area contributed by atoms with E-state index in [4.69, 9.17) is 0 Å². The number of nitrogens with one attached hydrogen (secondary N) is 4. The summed E-state index contributed by atoms with van der Waals surface area (Å²) < 4.78 is 26.1. The molecule has 148 valence electrons. The third-order valence-electron chi connectivity index (χ3n) is 4.55. The molecule has 0 unspecified atom stereocenters. The Bertz CT molecular complexity index is 1380. The van der Waals surface area contributed by atoms with Crippen molar-refractivity contribution in [3.8, 4) is 0 Å². The molecule has 0 saturated heterocycles. The number of anilines is 3. The van der Waals surface area contributed by atoms with Crippen LogP contribution in [-0.2, 0) is 16.6 Å². The summed E-state index contributed by atoms with van der Waals surface area (Å²) in [4.78, 5) is 31.3. The van der Waals surface area contributed by atoms with Crippen molar-refractivity contribution in [1.29, 1.82) is 0 Å². The van der Waals surface area contributed by atoms with E-state index in [1.54, 1.807) is 30.6 Å². The van der Waals surface area contributed by atoms with Gasteiger partial charge < -0.3 is 15.6 Å². The maximum atomic E-state index is 12.0. The van der Waals surface area contributed by atoms with Crippen molar-refractivity contribution in [1.82, 2.24) is 14.7 Å². The molecule has 1 aromatic heterocycles. The number of imidazole rings is 1. The zero-order valence-corrected chi connectivity index (χ0v) is 16.1. The number of aromatic nitrogens is 2. The molecule has 10 heteroatoms. The summed E-state index contributed by atoms with van der Waals surface area (Å²) in [6.45, 7) is 0.186. The number of benzene rings is 2. The van der Waals surface area contributed by atoms with Gasteiger partial charge in [-0.2, -0.15) is 0 Å². The van der Waals surface area contributed by atoms with E-state index in [9.17, 15) is 18.0 Å². The molecule has 1 heterocycles. The van der Waals surface area contributed by atoms with Gasteiger partial charge in [0.25, 0.3) is 10.9 Å². The van der Waals surface area contributed by atoms with E-state index in [1.165, 1.54) is 19.2 Å². The normalized spacial score (nSPS) is 11.8. The molecule has 0 atom stereocenters. The summed E-state index contributed by atoms with van der Waals surface area (Å²) in [6, 6.07) is 11.7. The standard InChI is InChI=1S/C19H17N5O4S/c1-20-29(27,28)13-4-2-3-11(7-13)9-21-16-17(19(26)18(16)25)24-12-5-6-14-15(8-12)23-10-22-14/h2-8,10,20-21,24H,9H2,1H3,(H,22,23). The lowest BCUT2D eigenvalue weighted by molar-refractivity contribution is 0.588. The minimum absolute atomic E-state index is 0.120. The minimum atomic E-state index is -3.57. The lowest BCUT2D eigenvalue weighted by Crippen LogP contribution is -2.36. The number of sulfonamides is 1. The van der Waals surface area contributed by atoms with Crippen LogP contribution in [0.3, 0.4) is 0 Å². The second kappa shape index (κ2) is 7.15. The summed E-state index contributed by atoms with van der Waals surface area (Å²) in [5, 5.41) is 5.88. The van der Waals surface area contributed by atoms with Gasteiger partial charge in [0.15, 0.2) is 0 Å². The topological polar surface area (TPSA) is 133 Å². The van der Waals surface area contributed by atoms with Crippen molar-refractivity contribution in [2.24, 2.45) is 0 Å². The van der Waals surface area contributed by atoms with E-state index < -0.39 is 20.9 Å². The van der Waals surface area contributed by atoms with Crippen molar-refractivity contribution in [3.05, 3.63) is 74.8 Å². The lowest BCUT2D eigenvalue weighted by Gasteiger charge is -2.15. The van der Waals surface area contributed by atoms with Crippen LogP contribution in [0.2, 0.25) is 0 Å². The Morgan fingerprint density at radius 1 is 1.03 bits per heavy atom. The van der Waals surface area contributed by atoms with Gasteiger partial charge in [0.05, 0.1) is 22.3 Å². The predicted octanol–water partition coefficient (Wildman–Crippen LogP) is 1.42. The number of aromatic amines is 1. The van der Waals surface area contributed by atoms with Gasteiger partial charge in [-0.3, -0.25) is 9.59 Å². The Balaban J connectivity index is 1.54. The molecular formula is C19H17N5O4S. The van der Waals surface area contributed by atoms with Crippen LogP contribution in [0, 0.1) is 0 Å². The second-order valence-electron chi connectivity index (χ2n) is 6.38. The molecule has 4 aromatic rings. The van der Waals surface area contributed by atoms with E-state index in [2.05, 4.69) is 25.3 Å². The van der Waals surface area contributed by atoms with Crippen molar-refractivity contribution in [3.63, 3.8) is 0 Å². The fourth-order valence-corrected chi connectivity index (χ4v) is 3.76. The van der Waals surface area contributed by atoms with Crippen molar-refractivity contribution in [2.75, 3.05) is 17.7 Å². The molecule has 0 fully saturated rings. The van der Waals surface area contributed by atoms with E-state index in [-0.39, 0.29) is 22.8 Å². The predicted molar refractivity (Wildman–Crippen MR) is 111 cm³/mol. The molecule has 4 N–H and O–H groups in total. The second-order valence-corrected chi connectivity index (χ2v) is 8.26. The Morgan fingerprint density at radius 2 is 1.83 bits per heavy atom. The van der Waals surface area contributed by atoms with Gasteiger partial charge in [-0.25, -0.2) is 18.1 Å². The molecule has 0 spiro atoms. The van der Waals surface area contributed by atoms with Crippen LogP contribution >= 0.6 is 0 Å². The number of fused-ring (bicyclic) bond motifs is 1. The largest absolute Gasteiger partial charge is 0.376 e. The number of rotatable bonds is 7. The fraction of sp³-hybridized carbons (Fsp3) is 0.105. The van der Waals surface area contributed by atoms with Crippen LogP contribution in [-0.4, -0.2) is 25.4 Å². The van der Waals surface area contributed by atoms with Gasteiger partial charge >= 0.3 is 0 Å². The molecule has 0 radical (unpaired) electrons. The zero-order chi connectivity index (χ0) is 20.6. The minimum Gasteiger partial charge on any atom is -0.376 e. The first kappa shape index (κ1) is 18.8. The Morgan fingerprint density at radius 3 is 2.62 bits per heavy atom. The third kappa shape index (κ3) is 3.50. The van der Waals surface area contributed by atoms with Gasteiger partial charge in [0.2, 0.25) is 10.0 Å². The SMILES string of the molecule is CNS(=O)(=O)c1cccc(CNc2c(Nc3ccc4[nH]cnc4c3)c(=O)c2=O)c1. The lowest BCUT2D eigenvalue weighted by atomic mass is 10.1. The highest BCUT2D eigenvalue weighted by Gasteiger charge is 2.21. The van der Waals surface area contributed by atoms with Gasteiger partial charge in [-0.15, -0.1) is 0 Å². The van der Waals surface area contributed by atoms with Crippen LogP contribution in [0.5, 0.6) is 0 Å². The van der Waals surface area contributed by atoms with Crippen LogP contribution in [0.1, 0.15) is 5.56 Å².